The average Bonchev–Trinajstić information content (AvgIpc) is 3.03. The van der Waals surface area contributed by atoms with Crippen molar-refractivity contribution in [3.63, 3.8) is 0 Å². The highest BCUT2D eigenvalue weighted by Gasteiger charge is 2.34. The first-order chi connectivity index (χ1) is 15.4. The van der Waals surface area contributed by atoms with Crippen LogP contribution < -0.4 is 5.32 Å². The second-order valence-corrected chi connectivity index (χ2v) is 8.07. The molecule has 3 amide bonds. The summed E-state index contributed by atoms with van der Waals surface area (Å²) in [5.74, 6) is -1.13. The molecular weight excluding hydrogens is 408 g/mol. The lowest BCUT2D eigenvalue weighted by Gasteiger charge is -2.13. The van der Waals surface area contributed by atoms with Crippen LogP contribution in [0.4, 0.5) is 0 Å². The minimum Gasteiger partial charge on any atom is -0.456 e. The van der Waals surface area contributed by atoms with Gasteiger partial charge in [0.2, 0.25) is 0 Å². The number of carbonyl (C=O) groups excluding carboxylic acids is 4. The zero-order valence-electron chi connectivity index (χ0n) is 18.4. The van der Waals surface area contributed by atoms with Gasteiger partial charge in [-0.15, -0.1) is 0 Å². The van der Waals surface area contributed by atoms with E-state index in [1.165, 1.54) is 5.56 Å². The van der Waals surface area contributed by atoms with Gasteiger partial charge in [-0.1, -0.05) is 50.2 Å². The van der Waals surface area contributed by atoms with E-state index in [0.717, 1.165) is 10.5 Å². The minimum absolute atomic E-state index is 0.0168. The SMILES string of the molecule is CC(C)c1ccc(CCNC(=O)COC(=O)CCCN2C(=O)c3ccccc3C2=O)cc1. The number of amides is 3. The van der Waals surface area contributed by atoms with E-state index >= 15 is 0 Å². The quantitative estimate of drug-likeness (QED) is 0.456. The van der Waals surface area contributed by atoms with Gasteiger partial charge in [0.1, 0.15) is 0 Å². The van der Waals surface area contributed by atoms with Crippen LogP contribution in [0.25, 0.3) is 0 Å². The maximum absolute atomic E-state index is 12.3. The Bertz CT molecular complexity index is 963. The van der Waals surface area contributed by atoms with Crippen LogP contribution in [0.2, 0.25) is 0 Å². The molecule has 0 bridgehead atoms. The molecule has 1 N–H and O–H groups in total. The summed E-state index contributed by atoms with van der Waals surface area (Å²) in [5.41, 5.74) is 3.16. The summed E-state index contributed by atoms with van der Waals surface area (Å²) >= 11 is 0. The zero-order valence-corrected chi connectivity index (χ0v) is 18.4. The van der Waals surface area contributed by atoms with E-state index in [-0.39, 0.29) is 43.7 Å². The molecule has 0 aliphatic carbocycles. The molecule has 7 heteroatoms. The Hall–Kier alpha value is -3.48. The molecule has 2 aromatic carbocycles. The van der Waals surface area contributed by atoms with Crippen LogP contribution in [0, 0.1) is 0 Å². The first-order valence-electron chi connectivity index (χ1n) is 10.8. The second kappa shape index (κ2) is 10.7. The van der Waals surface area contributed by atoms with Crippen LogP contribution in [0.5, 0.6) is 0 Å². The summed E-state index contributed by atoms with van der Waals surface area (Å²) in [4.78, 5) is 49.5. The molecule has 0 unspecified atom stereocenters. The largest absolute Gasteiger partial charge is 0.456 e. The predicted molar refractivity (Wildman–Crippen MR) is 119 cm³/mol. The van der Waals surface area contributed by atoms with Gasteiger partial charge in [0.05, 0.1) is 11.1 Å². The van der Waals surface area contributed by atoms with Crippen LogP contribution in [-0.4, -0.2) is 48.3 Å². The van der Waals surface area contributed by atoms with Crippen molar-refractivity contribution in [1.82, 2.24) is 10.2 Å². The molecule has 1 aliphatic rings. The van der Waals surface area contributed by atoms with Gasteiger partial charge in [-0.05, 0) is 42.0 Å². The van der Waals surface area contributed by atoms with Crippen LogP contribution in [0.3, 0.4) is 0 Å². The summed E-state index contributed by atoms with van der Waals surface area (Å²) in [5, 5.41) is 2.73. The predicted octanol–water partition coefficient (Wildman–Crippen LogP) is 3.09. The van der Waals surface area contributed by atoms with Crippen molar-refractivity contribution in [2.75, 3.05) is 19.7 Å². The Morgan fingerprint density at radius 3 is 2.19 bits per heavy atom. The second-order valence-electron chi connectivity index (χ2n) is 8.07. The van der Waals surface area contributed by atoms with Crippen molar-refractivity contribution in [3.8, 4) is 0 Å². The van der Waals surface area contributed by atoms with Crippen molar-refractivity contribution in [2.24, 2.45) is 0 Å². The van der Waals surface area contributed by atoms with Gasteiger partial charge in [0.25, 0.3) is 17.7 Å². The van der Waals surface area contributed by atoms with E-state index in [1.54, 1.807) is 24.3 Å². The highest BCUT2D eigenvalue weighted by atomic mass is 16.5. The molecule has 0 radical (unpaired) electrons. The molecule has 7 nitrogen and oxygen atoms in total. The fraction of sp³-hybridized carbons (Fsp3) is 0.360. The monoisotopic (exact) mass is 436 g/mol. The fourth-order valence-corrected chi connectivity index (χ4v) is 3.51. The maximum atomic E-state index is 12.3. The number of imide groups is 1. The maximum Gasteiger partial charge on any atom is 0.306 e. The number of hydrogen-bond donors (Lipinski definition) is 1. The Balaban J connectivity index is 1.31. The van der Waals surface area contributed by atoms with E-state index in [4.69, 9.17) is 4.74 Å². The smallest absolute Gasteiger partial charge is 0.306 e. The van der Waals surface area contributed by atoms with E-state index in [1.807, 2.05) is 0 Å². The van der Waals surface area contributed by atoms with Crippen molar-refractivity contribution < 1.29 is 23.9 Å². The number of nitrogens with one attached hydrogen (secondary N) is 1. The zero-order chi connectivity index (χ0) is 23.1. The number of carbonyl (C=O) groups is 4. The van der Waals surface area contributed by atoms with Gasteiger partial charge in [-0.2, -0.15) is 0 Å². The van der Waals surface area contributed by atoms with E-state index < -0.39 is 5.97 Å². The lowest BCUT2D eigenvalue weighted by atomic mass is 10.0. The van der Waals surface area contributed by atoms with Crippen molar-refractivity contribution >= 4 is 23.7 Å². The van der Waals surface area contributed by atoms with E-state index in [9.17, 15) is 19.2 Å². The van der Waals surface area contributed by atoms with Crippen LogP contribution in [0.1, 0.15) is 64.4 Å². The number of rotatable bonds is 10. The molecule has 1 aliphatic heterocycles. The van der Waals surface area contributed by atoms with E-state index in [0.29, 0.717) is 30.0 Å². The van der Waals surface area contributed by atoms with Gasteiger partial charge in [-0.3, -0.25) is 24.1 Å². The Morgan fingerprint density at radius 2 is 1.59 bits per heavy atom. The van der Waals surface area contributed by atoms with Gasteiger partial charge in [0.15, 0.2) is 6.61 Å². The molecule has 2 aromatic rings. The first-order valence-corrected chi connectivity index (χ1v) is 10.8. The molecule has 0 fully saturated rings. The Morgan fingerprint density at radius 1 is 0.969 bits per heavy atom. The molecule has 32 heavy (non-hydrogen) atoms. The Kier molecular flexibility index (Phi) is 7.76. The summed E-state index contributed by atoms with van der Waals surface area (Å²) in [7, 11) is 0. The molecule has 0 saturated carbocycles. The third-order valence-electron chi connectivity index (χ3n) is 5.39. The van der Waals surface area contributed by atoms with Gasteiger partial charge in [0, 0.05) is 19.5 Å². The molecule has 0 atom stereocenters. The number of ether oxygens (including phenoxy) is 1. The lowest BCUT2D eigenvalue weighted by molar-refractivity contribution is -0.148. The average molecular weight is 437 g/mol. The van der Waals surface area contributed by atoms with Gasteiger partial charge >= 0.3 is 5.97 Å². The normalized spacial score (nSPS) is 12.8. The van der Waals surface area contributed by atoms with Crippen molar-refractivity contribution in [3.05, 3.63) is 70.8 Å². The minimum atomic E-state index is -0.541. The molecule has 0 aromatic heterocycles. The third-order valence-corrected chi connectivity index (χ3v) is 5.39. The first kappa shape index (κ1) is 23.2. The van der Waals surface area contributed by atoms with Gasteiger partial charge < -0.3 is 10.1 Å². The standard InChI is InChI=1S/C25H28N2O5/c1-17(2)19-11-9-18(10-12-19)13-14-26-22(28)16-32-23(29)8-5-15-27-24(30)20-6-3-4-7-21(20)25(27)31/h3-4,6-7,9-12,17H,5,8,13-16H2,1-2H3,(H,26,28). The Labute approximate surface area is 187 Å². The van der Waals surface area contributed by atoms with Crippen LogP contribution in [0.15, 0.2) is 48.5 Å². The molecule has 168 valence electrons. The summed E-state index contributed by atoms with van der Waals surface area (Å²) in [6.07, 6.45) is 0.986. The topological polar surface area (TPSA) is 92.8 Å². The number of fused-ring (bicyclic) bond motifs is 1. The summed E-state index contributed by atoms with van der Waals surface area (Å²) in [6.45, 7) is 4.51. The summed E-state index contributed by atoms with van der Waals surface area (Å²) < 4.78 is 4.99. The lowest BCUT2D eigenvalue weighted by Crippen LogP contribution is -2.32. The van der Waals surface area contributed by atoms with Gasteiger partial charge in [-0.25, -0.2) is 0 Å². The fourth-order valence-electron chi connectivity index (χ4n) is 3.51. The van der Waals surface area contributed by atoms with Crippen LogP contribution in [-0.2, 0) is 20.7 Å². The van der Waals surface area contributed by atoms with Crippen LogP contribution >= 0.6 is 0 Å². The third kappa shape index (κ3) is 5.81. The highest BCUT2D eigenvalue weighted by molar-refractivity contribution is 6.21. The molecular formula is C25H28N2O5. The number of nitrogens with zero attached hydrogens (tertiary/aromatic N) is 1. The molecule has 0 saturated heterocycles. The van der Waals surface area contributed by atoms with Crippen molar-refractivity contribution in [2.45, 2.75) is 39.0 Å². The number of hydrogen-bond acceptors (Lipinski definition) is 5. The molecule has 0 spiro atoms. The number of esters is 1. The van der Waals surface area contributed by atoms with Crippen molar-refractivity contribution in [1.29, 1.82) is 0 Å². The summed E-state index contributed by atoms with van der Waals surface area (Å²) in [6, 6.07) is 14.9. The highest BCUT2D eigenvalue weighted by Crippen LogP contribution is 2.22. The molecule has 1 heterocycles. The number of benzene rings is 2. The van der Waals surface area contributed by atoms with E-state index in [2.05, 4.69) is 43.4 Å². The molecule has 3 rings (SSSR count).